The van der Waals surface area contributed by atoms with E-state index in [0.717, 1.165) is 54.7 Å². The predicted molar refractivity (Wildman–Crippen MR) is 247 cm³/mol. The highest BCUT2D eigenvalue weighted by atomic mass is 32.1. The SMILES string of the molecule is CC(C)c1cc(C(=O)N2CCOC3(CCN(Cc4cccc(C[C@@H](C)N(C[C@](O[Si](C)(C)C(C)(C)C)(c5ccc(O)c6[nH]c(=O)ccc56)C(C)(C)C)C(=O)O)c4)CC3)C2)cs1. The van der Waals surface area contributed by atoms with Gasteiger partial charge in [0.2, 0.25) is 5.56 Å². The second kappa shape index (κ2) is 17.6. The van der Waals surface area contributed by atoms with Crippen LogP contribution in [-0.2, 0) is 27.7 Å². The minimum absolute atomic E-state index is 0.0328. The molecule has 2 aromatic carbocycles. The summed E-state index contributed by atoms with van der Waals surface area (Å²) in [5, 5.41) is 24.3. The minimum Gasteiger partial charge on any atom is -0.506 e. The number of nitrogens with one attached hydrogen (secondary N) is 1. The van der Waals surface area contributed by atoms with Crippen LogP contribution >= 0.6 is 11.3 Å². The first-order chi connectivity index (χ1) is 28.4. The summed E-state index contributed by atoms with van der Waals surface area (Å²) in [6.07, 6.45) is 1.14. The van der Waals surface area contributed by atoms with Gasteiger partial charge < -0.3 is 34.2 Å². The highest BCUT2D eigenvalue weighted by Gasteiger charge is 2.54. The maximum atomic E-state index is 13.5. The Kier molecular flexibility index (Phi) is 13.4. The number of carboxylic acid groups (broad SMARTS) is 1. The summed E-state index contributed by atoms with van der Waals surface area (Å²) >= 11 is 1.66. The molecule has 3 N–H and O–H groups in total. The van der Waals surface area contributed by atoms with E-state index in [1.54, 1.807) is 23.5 Å². The van der Waals surface area contributed by atoms with Crippen LogP contribution in [0.25, 0.3) is 10.9 Å². The maximum absolute atomic E-state index is 13.5. The van der Waals surface area contributed by atoms with Crippen molar-refractivity contribution < 1.29 is 29.0 Å². The van der Waals surface area contributed by atoms with Crippen LogP contribution in [0.15, 0.2) is 64.8 Å². The molecule has 0 aliphatic carbocycles. The largest absolute Gasteiger partial charge is 0.506 e. The molecule has 2 aliphatic heterocycles. The van der Waals surface area contributed by atoms with Gasteiger partial charge in [-0.15, -0.1) is 11.3 Å². The van der Waals surface area contributed by atoms with Crippen LogP contribution in [0.4, 0.5) is 4.79 Å². The van der Waals surface area contributed by atoms with Gasteiger partial charge in [0, 0.05) is 53.9 Å². The number of aromatic nitrogens is 1. The van der Waals surface area contributed by atoms with Crippen molar-refractivity contribution in [1.82, 2.24) is 19.7 Å². The van der Waals surface area contributed by atoms with E-state index in [9.17, 15) is 24.6 Å². The molecule has 4 heterocycles. The molecule has 332 valence electrons. The molecular formula is C48H68N4O7SSi. The zero-order chi connectivity index (χ0) is 44.7. The second-order valence-electron chi connectivity index (χ2n) is 20.4. The smallest absolute Gasteiger partial charge is 0.407 e. The fourth-order valence-corrected chi connectivity index (χ4v) is 11.3. The van der Waals surface area contributed by atoms with Crippen LogP contribution in [0.2, 0.25) is 18.1 Å². The van der Waals surface area contributed by atoms with Gasteiger partial charge in [0.15, 0.2) is 8.32 Å². The maximum Gasteiger partial charge on any atom is 0.407 e. The van der Waals surface area contributed by atoms with Crippen LogP contribution in [0.3, 0.4) is 0 Å². The van der Waals surface area contributed by atoms with Crippen LogP contribution < -0.4 is 5.56 Å². The minimum atomic E-state index is -2.61. The number of amides is 2. The van der Waals surface area contributed by atoms with Crippen molar-refractivity contribution in [2.24, 2.45) is 5.41 Å². The van der Waals surface area contributed by atoms with Crippen molar-refractivity contribution in [2.75, 3.05) is 39.3 Å². The van der Waals surface area contributed by atoms with E-state index >= 15 is 0 Å². The number of hydrogen-bond acceptors (Lipinski definition) is 8. The molecule has 4 aromatic rings. The number of H-pyrrole nitrogens is 1. The summed E-state index contributed by atoms with van der Waals surface area (Å²) in [7, 11) is -2.61. The number of piperidine rings is 1. The van der Waals surface area contributed by atoms with Gasteiger partial charge in [-0.05, 0) is 90.5 Å². The number of carbonyl (C=O) groups is 2. The first-order valence-corrected chi connectivity index (χ1v) is 25.6. The molecule has 0 saturated carbocycles. The molecular weight excluding hydrogens is 805 g/mol. The zero-order valence-corrected chi connectivity index (χ0v) is 40.0. The lowest BCUT2D eigenvalue weighted by Gasteiger charge is -2.54. The number of phenolic OH excluding ortho intramolecular Hbond substituents is 1. The zero-order valence-electron chi connectivity index (χ0n) is 38.2. The molecule has 2 aliphatic rings. The Bertz CT molecular complexity index is 2270. The lowest BCUT2D eigenvalue weighted by Crippen LogP contribution is -2.60. The predicted octanol–water partition coefficient (Wildman–Crippen LogP) is 9.80. The fraction of sp³-hybridized carbons (Fsp3) is 0.562. The molecule has 0 unspecified atom stereocenters. The number of aromatic hydroxyl groups is 1. The molecule has 2 saturated heterocycles. The molecule has 61 heavy (non-hydrogen) atoms. The number of phenols is 1. The number of thiophene rings is 1. The van der Waals surface area contributed by atoms with Crippen molar-refractivity contribution in [1.29, 1.82) is 0 Å². The van der Waals surface area contributed by atoms with Crippen LogP contribution in [0.1, 0.15) is 113 Å². The topological polar surface area (TPSA) is 136 Å². The highest BCUT2D eigenvalue weighted by molar-refractivity contribution is 7.10. The lowest BCUT2D eigenvalue weighted by atomic mass is 9.70. The Morgan fingerprint density at radius 2 is 1.67 bits per heavy atom. The summed E-state index contributed by atoms with van der Waals surface area (Å²) in [6, 6.07) is 16.6. The van der Waals surface area contributed by atoms with E-state index in [1.807, 2.05) is 29.3 Å². The van der Waals surface area contributed by atoms with Gasteiger partial charge in [-0.2, -0.15) is 0 Å². The van der Waals surface area contributed by atoms with Gasteiger partial charge in [0.05, 0.1) is 36.4 Å². The number of aromatic amines is 1. The first-order valence-electron chi connectivity index (χ1n) is 21.8. The molecule has 0 bridgehead atoms. The Hall–Kier alpha value is -4.01. The second-order valence-corrected chi connectivity index (χ2v) is 26.1. The Labute approximate surface area is 367 Å². The molecule has 0 radical (unpaired) electrons. The molecule has 2 fully saturated rings. The number of pyridine rings is 1. The highest BCUT2D eigenvalue weighted by Crippen LogP contribution is 2.52. The van der Waals surface area contributed by atoms with Crippen molar-refractivity contribution >= 4 is 42.6 Å². The molecule has 13 heteroatoms. The number of likely N-dealkylation sites (tertiary alicyclic amines) is 1. The normalized spacial score (nSPS) is 18.1. The molecule has 1 spiro atoms. The van der Waals surface area contributed by atoms with Gasteiger partial charge in [0.1, 0.15) is 11.4 Å². The van der Waals surface area contributed by atoms with E-state index in [0.29, 0.717) is 42.9 Å². The quantitative estimate of drug-likeness (QED) is 0.120. The van der Waals surface area contributed by atoms with Crippen molar-refractivity contribution in [3.05, 3.63) is 97.5 Å². The van der Waals surface area contributed by atoms with Gasteiger partial charge >= 0.3 is 6.09 Å². The third-order valence-electron chi connectivity index (χ3n) is 13.6. The molecule has 2 amide bonds. The Morgan fingerprint density at radius 1 is 0.984 bits per heavy atom. The summed E-state index contributed by atoms with van der Waals surface area (Å²) in [5.74, 6) is 0.435. The number of benzene rings is 2. The fourth-order valence-electron chi connectivity index (χ4n) is 8.75. The molecule has 2 aromatic heterocycles. The summed E-state index contributed by atoms with van der Waals surface area (Å²) in [4.78, 5) is 49.4. The average molecular weight is 873 g/mol. The van der Waals surface area contributed by atoms with Crippen LogP contribution in [0, 0.1) is 5.41 Å². The van der Waals surface area contributed by atoms with E-state index in [-0.39, 0.29) is 34.4 Å². The standard InChI is InChI=1S/C48H68N4O7SSi/c1-32(2)40-27-36(29-60-40)43(55)51-23-24-58-47(30-51)19-21-50(22-20-47)28-35-14-12-13-34(26-35)25-33(3)52(44(56)57)31-48(45(4,5)6,59-61(10,11)46(7,8)9)38-16-17-39(53)42-37(38)15-18-41(54)49-42/h12-18,26-27,29,32-33,53H,19-25,28,30-31H2,1-11H3,(H,49,54)(H,56,57)/t33-,48+/m1/s1. The monoisotopic (exact) mass is 872 g/mol. The Balaban J connectivity index is 1.20. The number of ether oxygens (including phenoxy) is 1. The lowest BCUT2D eigenvalue weighted by molar-refractivity contribution is -0.127. The van der Waals surface area contributed by atoms with Crippen molar-refractivity contribution in [3.8, 4) is 5.75 Å². The third-order valence-corrected chi connectivity index (χ3v) is 19.3. The van der Waals surface area contributed by atoms with Gasteiger partial charge in [-0.1, -0.05) is 85.7 Å². The van der Waals surface area contributed by atoms with Gasteiger partial charge in [0.25, 0.3) is 5.91 Å². The van der Waals surface area contributed by atoms with Crippen molar-refractivity contribution in [3.63, 3.8) is 0 Å². The summed E-state index contributed by atoms with van der Waals surface area (Å²) in [6.45, 7) is 27.6. The van der Waals surface area contributed by atoms with E-state index in [2.05, 4.69) is 103 Å². The first kappa shape index (κ1) is 46.5. The third kappa shape index (κ3) is 9.96. The number of morpholine rings is 1. The molecule has 2 atom stereocenters. The van der Waals surface area contributed by atoms with Gasteiger partial charge in [-0.25, -0.2) is 4.79 Å². The average Bonchev–Trinajstić information content (AvgIpc) is 3.68. The van der Waals surface area contributed by atoms with Crippen LogP contribution in [-0.4, -0.2) is 101 Å². The molecule has 11 nitrogen and oxygen atoms in total. The number of fused-ring (bicyclic) bond motifs is 1. The number of nitrogens with zero attached hydrogens (tertiary/aromatic N) is 3. The van der Waals surface area contributed by atoms with Crippen LogP contribution in [0.5, 0.6) is 5.75 Å². The summed E-state index contributed by atoms with van der Waals surface area (Å²) in [5.41, 5.74) is 1.52. The Morgan fingerprint density at radius 3 is 2.30 bits per heavy atom. The van der Waals surface area contributed by atoms with E-state index < -0.39 is 31.5 Å². The number of hydrogen-bond donors (Lipinski definition) is 3. The van der Waals surface area contributed by atoms with E-state index in [1.165, 1.54) is 15.8 Å². The summed E-state index contributed by atoms with van der Waals surface area (Å²) < 4.78 is 13.9. The van der Waals surface area contributed by atoms with Gasteiger partial charge in [-0.3, -0.25) is 14.5 Å². The van der Waals surface area contributed by atoms with E-state index in [4.69, 9.17) is 9.16 Å². The van der Waals surface area contributed by atoms with Crippen molar-refractivity contribution in [2.45, 2.75) is 129 Å². The molecule has 6 rings (SSSR count). The number of carbonyl (C=O) groups excluding carboxylic acids is 1. The number of rotatable bonds is 12.